The van der Waals surface area contributed by atoms with Gasteiger partial charge in [0.2, 0.25) is 0 Å². The summed E-state index contributed by atoms with van der Waals surface area (Å²) in [6, 6.07) is 10.2. The molecule has 0 aromatic heterocycles. The van der Waals surface area contributed by atoms with E-state index in [2.05, 4.69) is 16.9 Å². The fraction of sp³-hybridized carbons (Fsp3) is 0.125. The van der Waals surface area contributed by atoms with Crippen LogP contribution in [0.1, 0.15) is 10.4 Å². The van der Waals surface area contributed by atoms with Gasteiger partial charge in [0.15, 0.2) is 0 Å². The molecule has 0 saturated carbocycles. The molecule has 1 aromatic rings. The Kier molecular flexibility index (Phi) is 2.05. The summed E-state index contributed by atoms with van der Waals surface area (Å²) in [7, 11) is 1.34. The first-order chi connectivity index (χ1) is 4.84. The highest BCUT2D eigenvalue weighted by atomic mass is 16.5. The summed E-state index contributed by atoms with van der Waals surface area (Å²) in [6.07, 6.45) is 0. The van der Waals surface area contributed by atoms with E-state index in [4.69, 9.17) is 0 Å². The molecule has 2 heteroatoms. The maximum atomic E-state index is 10.8. The largest absolute Gasteiger partial charge is 0.465 e. The van der Waals surface area contributed by atoms with E-state index < -0.39 is 0 Å². The Morgan fingerprint density at radius 3 is 2.60 bits per heavy atom. The Morgan fingerprint density at radius 2 is 2.10 bits per heavy atom. The third-order valence-corrected chi connectivity index (χ3v) is 1.07. The van der Waals surface area contributed by atoms with Gasteiger partial charge in [0.05, 0.1) is 12.7 Å². The van der Waals surface area contributed by atoms with Gasteiger partial charge in [-0.05, 0) is 30.3 Å². The van der Waals surface area contributed by atoms with Crippen LogP contribution in [0, 0.1) is 12.1 Å². The van der Waals surface area contributed by atoms with Crippen molar-refractivity contribution in [2.45, 2.75) is 0 Å². The van der Waals surface area contributed by atoms with Crippen molar-refractivity contribution >= 4 is 5.97 Å². The van der Waals surface area contributed by atoms with Gasteiger partial charge < -0.3 is 4.74 Å². The number of hydrogen-bond donors (Lipinski definition) is 0. The van der Waals surface area contributed by atoms with E-state index in [0.29, 0.717) is 5.56 Å². The van der Waals surface area contributed by atoms with Crippen LogP contribution in [-0.4, -0.2) is 13.1 Å². The lowest BCUT2D eigenvalue weighted by molar-refractivity contribution is 0.0600. The van der Waals surface area contributed by atoms with Gasteiger partial charge >= 0.3 is 5.97 Å². The third kappa shape index (κ3) is 1.35. The molecule has 0 bridgehead atoms. The summed E-state index contributed by atoms with van der Waals surface area (Å²) in [5.74, 6) is -0.354. The van der Waals surface area contributed by atoms with Crippen molar-refractivity contribution in [3.8, 4) is 0 Å². The first kappa shape index (κ1) is 6.81. The Labute approximate surface area is 59.4 Å². The number of ether oxygens (including phenoxy) is 1. The standard InChI is InChI=1S/C8H6O2/c1-10-8(9)7-5-3-2-4-6-7/h2,5-6H,1H3. The maximum absolute atomic E-state index is 10.8. The molecule has 0 N–H and O–H groups in total. The number of rotatable bonds is 1. The van der Waals surface area contributed by atoms with Crippen LogP contribution in [0.5, 0.6) is 0 Å². The molecule has 0 amide bonds. The average Bonchev–Trinajstić information content (AvgIpc) is 2.05. The molecule has 0 heterocycles. The zero-order valence-electron chi connectivity index (χ0n) is 5.55. The van der Waals surface area contributed by atoms with Gasteiger partial charge in [-0.1, -0.05) is 0 Å². The fourth-order valence-corrected chi connectivity index (χ4v) is 0.588. The highest BCUT2D eigenvalue weighted by Gasteiger charge is 2.00. The van der Waals surface area contributed by atoms with Gasteiger partial charge in [-0.2, -0.15) is 0 Å². The highest BCUT2D eigenvalue weighted by molar-refractivity contribution is 5.88. The quantitative estimate of drug-likeness (QED) is 0.537. The topological polar surface area (TPSA) is 26.3 Å². The molecule has 2 radical (unpaired) electrons. The van der Waals surface area contributed by atoms with E-state index in [-0.39, 0.29) is 5.97 Å². The van der Waals surface area contributed by atoms with Crippen molar-refractivity contribution in [2.24, 2.45) is 0 Å². The van der Waals surface area contributed by atoms with E-state index in [1.807, 2.05) is 0 Å². The van der Waals surface area contributed by atoms with Crippen molar-refractivity contribution in [3.05, 3.63) is 35.9 Å². The van der Waals surface area contributed by atoms with Gasteiger partial charge in [0.25, 0.3) is 0 Å². The molecule has 0 saturated heterocycles. The number of hydrogen-bond acceptors (Lipinski definition) is 2. The summed E-state index contributed by atoms with van der Waals surface area (Å²) < 4.78 is 4.46. The number of esters is 1. The van der Waals surface area contributed by atoms with Crippen LogP contribution < -0.4 is 0 Å². The fourth-order valence-electron chi connectivity index (χ4n) is 0.588. The summed E-state index contributed by atoms with van der Waals surface area (Å²) in [6.45, 7) is 0. The SMILES string of the molecule is COC(=O)c1c[c]c[c]c1. The molecular formula is C8H6O2. The second-order valence-electron chi connectivity index (χ2n) is 1.71. The molecule has 0 atom stereocenters. The van der Waals surface area contributed by atoms with Gasteiger partial charge in [0.1, 0.15) is 0 Å². The molecule has 0 fully saturated rings. The van der Waals surface area contributed by atoms with Crippen molar-refractivity contribution < 1.29 is 9.53 Å². The number of methoxy groups -OCH3 is 1. The van der Waals surface area contributed by atoms with E-state index in [1.165, 1.54) is 7.11 Å². The predicted octanol–water partition coefficient (Wildman–Crippen LogP) is 1.07. The van der Waals surface area contributed by atoms with Crippen molar-refractivity contribution in [1.82, 2.24) is 0 Å². The maximum Gasteiger partial charge on any atom is 0.337 e. The van der Waals surface area contributed by atoms with Crippen LogP contribution in [0.15, 0.2) is 18.2 Å². The summed E-state index contributed by atoms with van der Waals surface area (Å²) in [5.41, 5.74) is 0.477. The van der Waals surface area contributed by atoms with E-state index in [0.717, 1.165) is 0 Å². The number of carbonyl (C=O) groups is 1. The Bertz CT molecular complexity index is 216. The Balaban J connectivity index is 2.85. The normalized spacial score (nSPS) is 8.90. The van der Waals surface area contributed by atoms with Crippen LogP contribution in [-0.2, 0) is 4.74 Å². The zero-order valence-corrected chi connectivity index (χ0v) is 5.55. The lowest BCUT2D eigenvalue weighted by atomic mass is 10.2. The summed E-state index contributed by atoms with van der Waals surface area (Å²) >= 11 is 0. The molecule has 0 aliphatic heterocycles. The molecule has 10 heavy (non-hydrogen) atoms. The molecule has 1 aromatic carbocycles. The lowest BCUT2D eigenvalue weighted by Crippen LogP contribution is -1.99. The second-order valence-corrected chi connectivity index (χ2v) is 1.71. The van der Waals surface area contributed by atoms with Gasteiger partial charge in [-0.25, -0.2) is 4.79 Å². The molecular weight excluding hydrogens is 128 g/mol. The molecule has 50 valence electrons. The van der Waals surface area contributed by atoms with E-state index >= 15 is 0 Å². The predicted molar refractivity (Wildman–Crippen MR) is 35.5 cm³/mol. The van der Waals surface area contributed by atoms with Crippen molar-refractivity contribution in [1.29, 1.82) is 0 Å². The van der Waals surface area contributed by atoms with Crippen LogP contribution in [0.3, 0.4) is 0 Å². The molecule has 1 rings (SSSR count). The molecule has 0 unspecified atom stereocenters. The minimum absolute atomic E-state index is 0.354. The van der Waals surface area contributed by atoms with Crippen LogP contribution in [0.25, 0.3) is 0 Å². The van der Waals surface area contributed by atoms with Crippen LogP contribution >= 0.6 is 0 Å². The Hall–Kier alpha value is -1.31. The zero-order chi connectivity index (χ0) is 7.40. The smallest absolute Gasteiger partial charge is 0.337 e. The van der Waals surface area contributed by atoms with Gasteiger partial charge in [-0.15, -0.1) is 0 Å². The minimum atomic E-state index is -0.354. The van der Waals surface area contributed by atoms with Crippen LogP contribution in [0.2, 0.25) is 0 Å². The highest BCUT2D eigenvalue weighted by Crippen LogP contribution is 1.97. The van der Waals surface area contributed by atoms with Crippen molar-refractivity contribution in [2.75, 3.05) is 7.11 Å². The Morgan fingerprint density at radius 1 is 1.50 bits per heavy atom. The molecule has 0 aliphatic carbocycles. The van der Waals surface area contributed by atoms with Gasteiger partial charge in [-0.3, -0.25) is 0 Å². The van der Waals surface area contributed by atoms with Crippen LogP contribution in [0.4, 0.5) is 0 Å². The molecule has 0 aliphatic rings. The first-order valence-electron chi connectivity index (χ1n) is 2.80. The minimum Gasteiger partial charge on any atom is -0.465 e. The molecule has 2 nitrogen and oxygen atoms in total. The monoisotopic (exact) mass is 134 g/mol. The third-order valence-electron chi connectivity index (χ3n) is 1.07. The molecule has 0 spiro atoms. The first-order valence-corrected chi connectivity index (χ1v) is 2.80. The summed E-state index contributed by atoms with van der Waals surface area (Å²) in [4.78, 5) is 10.8. The number of benzene rings is 1. The average molecular weight is 134 g/mol. The van der Waals surface area contributed by atoms with Crippen molar-refractivity contribution in [3.63, 3.8) is 0 Å². The van der Waals surface area contributed by atoms with E-state index in [1.54, 1.807) is 18.2 Å². The number of carbonyl (C=O) groups excluding carboxylic acids is 1. The second kappa shape index (κ2) is 3.01. The summed E-state index contributed by atoms with van der Waals surface area (Å²) in [5, 5.41) is 0. The lowest BCUT2D eigenvalue weighted by Gasteiger charge is -1.94. The van der Waals surface area contributed by atoms with Gasteiger partial charge in [0, 0.05) is 0 Å². The van der Waals surface area contributed by atoms with E-state index in [9.17, 15) is 4.79 Å².